The van der Waals surface area contributed by atoms with Crippen LogP contribution >= 0.6 is 0 Å². The quantitative estimate of drug-likeness (QED) is 0.581. The van der Waals surface area contributed by atoms with E-state index in [9.17, 15) is 9.59 Å². The van der Waals surface area contributed by atoms with Crippen molar-refractivity contribution < 1.29 is 14.3 Å². The van der Waals surface area contributed by atoms with E-state index in [4.69, 9.17) is 4.74 Å². The van der Waals surface area contributed by atoms with Gasteiger partial charge in [0.1, 0.15) is 11.4 Å². The van der Waals surface area contributed by atoms with Crippen molar-refractivity contribution in [1.82, 2.24) is 0 Å². The number of hydrogen-bond donors (Lipinski definition) is 1. The fourth-order valence-corrected chi connectivity index (χ4v) is 3.57. The number of benzene rings is 3. The Balaban J connectivity index is 1.77. The summed E-state index contributed by atoms with van der Waals surface area (Å²) in [4.78, 5) is 28.0. The molecule has 0 saturated carbocycles. The smallest absolute Gasteiger partial charge is 0.282 e. The Hall–Kier alpha value is -3.86. The Morgan fingerprint density at radius 1 is 0.839 bits per heavy atom. The lowest BCUT2D eigenvalue weighted by Gasteiger charge is -2.16. The predicted molar refractivity (Wildman–Crippen MR) is 123 cm³/mol. The first-order valence-corrected chi connectivity index (χ1v) is 10.2. The van der Waals surface area contributed by atoms with E-state index in [1.807, 2.05) is 55.5 Å². The van der Waals surface area contributed by atoms with Crippen LogP contribution in [0.3, 0.4) is 0 Å². The first kappa shape index (κ1) is 20.4. The molecule has 1 aliphatic rings. The SMILES string of the molecule is CCc1ccc(NC2=C(c3ccc(C)cc3)C(=O)N(c3ccc(OC)cc3)C2=O)cc1. The summed E-state index contributed by atoms with van der Waals surface area (Å²) in [5.41, 5.74) is 4.87. The summed E-state index contributed by atoms with van der Waals surface area (Å²) in [6, 6.07) is 22.4. The second-order valence-electron chi connectivity index (χ2n) is 7.44. The number of carbonyl (C=O) groups is 2. The summed E-state index contributed by atoms with van der Waals surface area (Å²) in [6.45, 7) is 4.07. The van der Waals surface area contributed by atoms with Gasteiger partial charge >= 0.3 is 0 Å². The third-order valence-electron chi connectivity index (χ3n) is 5.39. The highest BCUT2D eigenvalue weighted by Crippen LogP contribution is 2.34. The van der Waals surface area contributed by atoms with Crippen molar-refractivity contribution in [3.63, 3.8) is 0 Å². The first-order valence-electron chi connectivity index (χ1n) is 10.2. The summed E-state index contributed by atoms with van der Waals surface area (Å²) in [5, 5.41) is 3.20. The highest BCUT2D eigenvalue weighted by Gasteiger charge is 2.40. The van der Waals surface area contributed by atoms with Crippen molar-refractivity contribution in [3.05, 3.63) is 95.2 Å². The van der Waals surface area contributed by atoms with E-state index < -0.39 is 0 Å². The lowest BCUT2D eigenvalue weighted by atomic mass is 10.0. The third kappa shape index (κ3) is 3.94. The van der Waals surface area contributed by atoms with Crippen molar-refractivity contribution >= 4 is 28.8 Å². The fraction of sp³-hybridized carbons (Fsp3) is 0.154. The van der Waals surface area contributed by atoms with E-state index in [0.29, 0.717) is 22.6 Å². The Bertz CT molecular complexity index is 1140. The summed E-state index contributed by atoms with van der Waals surface area (Å²) >= 11 is 0. The maximum atomic E-state index is 13.4. The molecule has 0 unspecified atom stereocenters. The number of rotatable bonds is 6. The molecule has 5 heteroatoms. The minimum Gasteiger partial charge on any atom is -0.497 e. The highest BCUT2D eigenvalue weighted by atomic mass is 16.5. The third-order valence-corrected chi connectivity index (χ3v) is 5.39. The molecule has 1 aliphatic heterocycles. The van der Waals surface area contributed by atoms with Crippen LogP contribution in [0.4, 0.5) is 11.4 Å². The molecule has 1 heterocycles. The Labute approximate surface area is 182 Å². The number of methoxy groups -OCH3 is 1. The number of aryl methyl sites for hydroxylation is 2. The molecule has 0 saturated heterocycles. The van der Waals surface area contributed by atoms with Gasteiger partial charge in [-0.25, -0.2) is 4.90 Å². The summed E-state index contributed by atoms with van der Waals surface area (Å²) in [7, 11) is 1.57. The van der Waals surface area contributed by atoms with Gasteiger partial charge < -0.3 is 10.1 Å². The molecule has 0 aliphatic carbocycles. The number of nitrogens with one attached hydrogen (secondary N) is 1. The van der Waals surface area contributed by atoms with Gasteiger partial charge in [0.05, 0.1) is 18.4 Å². The normalized spacial score (nSPS) is 13.7. The highest BCUT2D eigenvalue weighted by molar-refractivity contribution is 6.46. The maximum Gasteiger partial charge on any atom is 0.282 e. The van der Waals surface area contributed by atoms with Crippen LogP contribution in [0.5, 0.6) is 5.75 Å². The lowest BCUT2D eigenvalue weighted by Crippen LogP contribution is -2.32. The van der Waals surface area contributed by atoms with Gasteiger partial charge in [0.15, 0.2) is 0 Å². The van der Waals surface area contributed by atoms with Crippen LogP contribution in [-0.4, -0.2) is 18.9 Å². The lowest BCUT2D eigenvalue weighted by molar-refractivity contribution is -0.120. The molecule has 5 nitrogen and oxygen atoms in total. The van der Waals surface area contributed by atoms with Gasteiger partial charge in [-0.05, 0) is 60.9 Å². The molecule has 0 aromatic heterocycles. The molecule has 4 rings (SSSR count). The number of hydrogen-bond acceptors (Lipinski definition) is 4. The van der Waals surface area contributed by atoms with Gasteiger partial charge in [-0.2, -0.15) is 0 Å². The minimum atomic E-state index is -0.384. The van der Waals surface area contributed by atoms with E-state index >= 15 is 0 Å². The van der Waals surface area contributed by atoms with E-state index in [1.165, 1.54) is 10.5 Å². The van der Waals surface area contributed by atoms with Crippen molar-refractivity contribution in [2.24, 2.45) is 0 Å². The molecular weight excluding hydrogens is 388 g/mol. The molecule has 3 aromatic carbocycles. The Morgan fingerprint density at radius 2 is 1.48 bits per heavy atom. The number of amides is 2. The van der Waals surface area contributed by atoms with Crippen LogP contribution in [-0.2, 0) is 16.0 Å². The van der Waals surface area contributed by atoms with E-state index in [0.717, 1.165) is 17.7 Å². The molecule has 0 spiro atoms. The molecule has 0 bridgehead atoms. The van der Waals surface area contributed by atoms with E-state index in [1.54, 1.807) is 31.4 Å². The van der Waals surface area contributed by atoms with Crippen molar-refractivity contribution in [2.45, 2.75) is 20.3 Å². The van der Waals surface area contributed by atoms with E-state index in [2.05, 4.69) is 12.2 Å². The average molecular weight is 412 g/mol. The topological polar surface area (TPSA) is 58.6 Å². The molecule has 2 amide bonds. The van der Waals surface area contributed by atoms with Crippen LogP contribution < -0.4 is 15.0 Å². The summed E-state index contributed by atoms with van der Waals surface area (Å²) in [5.74, 6) is -0.0825. The average Bonchev–Trinajstić information content (AvgIpc) is 3.04. The number of imide groups is 1. The summed E-state index contributed by atoms with van der Waals surface area (Å²) < 4.78 is 5.19. The Morgan fingerprint density at radius 3 is 2.06 bits per heavy atom. The number of nitrogens with zero attached hydrogens (tertiary/aromatic N) is 1. The number of anilines is 2. The van der Waals surface area contributed by atoms with Crippen LogP contribution in [0.15, 0.2) is 78.5 Å². The van der Waals surface area contributed by atoms with Gasteiger partial charge in [-0.1, -0.05) is 48.9 Å². The van der Waals surface area contributed by atoms with Crippen molar-refractivity contribution in [1.29, 1.82) is 0 Å². The predicted octanol–water partition coefficient (Wildman–Crippen LogP) is 4.96. The monoisotopic (exact) mass is 412 g/mol. The van der Waals surface area contributed by atoms with Crippen LogP contribution in [0.25, 0.3) is 5.57 Å². The maximum absolute atomic E-state index is 13.4. The first-order chi connectivity index (χ1) is 15.0. The molecule has 3 aromatic rings. The minimum absolute atomic E-state index is 0.272. The van der Waals surface area contributed by atoms with Crippen molar-refractivity contribution in [3.8, 4) is 5.75 Å². The zero-order chi connectivity index (χ0) is 22.0. The fourth-order valence-electron chi connectivity index (χ4n) is 3.57. The molecular formula is C26H24N2O3. The van der Waals surface area contributed by atoms with Crippen LogP contribution in [0.2, 0.25) is 0 Å². The Kier molecular flexibility index (Phi) is 5.58. The van der Waals surface area contributed by atoms with E-state index in [-0.39, 0.29) is 17.5 Å². The zero-order valence-electron chi connectivity index (χ0n) is 17.8. The van der Waals surface area contributed by atoms with Crippen LogP contribution in [0, 0.1) is 6.92 Å². The molecule has 0 radical (unpaired) electrons. The van der Waals surface area contributed by atoms with Gasteiger partial charge in [-0.3, -0.25) is 9.59 Å². The largest absolute Gasteiger partial charge is 0.497 e. The standard InChI is InChI=1S/C26H24N2O3/c1-4-18-7-11-20(12-8-18)27-24-23(19-9-5-17(2)6-10-19)25(29)28(26(24)30)21-13-15-22(31-3)16-14-21/h5-16,27H,4H2,1-3H3. The summed E-state index contributed by atoms with van der Waals surface area (Å²) in [6.07, 6.45) is 0.931. The number of ether oxygens (including phenoxy) is 1. The molecule has 0 fully saturated rings. The second-order valence-corrected chi connectivity index (χ2v) is 7.44. The number of carbonyl (C=O) groups excluding carboxylic acids is 2. The second kappa shape index (κ2) is 8.48. The molecule has 0 atom stereocenters. The van der Waals surface area contributed by atoms with Gasteiger partial charge in [0.25, 0.3) is 11.8 Å². The van der Waals surface area contributed by atoms with Crippen molar-refractivity contribution in [2.75, 3.05) is 17.3 Å². The zero-order valence-corrected chi connectivity index (χ0v) is 17.8. The molecule has 156 valence electrons. The van der Waals surface area contributed by atoms with Gasteiger partial charge in [0, 0.05) is 5.69 Å². The molecule has 31 heavy (non-hydrogen) atoms. The van der Waals surface area contributed by atoms with Gasteiger partial charge in [-0.15, -0.1) is 0 Å². The molecule has 1 N–H and O–H groups in total. The van der Waals surface area contributed by atoms with Gasteiger partial charge in [0.2, 0.25) is 0 Å². The van der Waals surface area contributed by atoms with Crippen LogP contribution in [0.1, 0.15) is 23.6 Å².